The third-order valence-corrected chi connectivity index (χ3v) is 6.85. The standard InChI is InChI=1S/C27H24ClF5N2O/c28-23-13-17(19-4-2-1-3-16(19)9-12-35-26(36)27(31,32)33)5-7-21(23)22-15-34-11-10-20(22)18-6-8-24(29)25(30)14-18/h1-8,13-14,20,22,34H,9-12,15H2,(H,35,36)/t20-,22+/m1/s1. The predicted molar refractivity (Wildman–Crippen MR) is 129 cm³/mol. The molecular weight excluding hydrogens is 499 g/mol. The molecule has 0 spiro atoms. The lowest BCUT2D eigenvalue weighted by atomic mass is 9.77. The molecule has 1 aliphatic rings. The largest absolute Gasteiger partial charge is 0.471 e. The molecule has 1 amide bonds. The highest BCUT2D eigenvalue weighted by molar-refractivity contribution is 6.31. The zero-order valence-corrected chi connectivity index (χ0v) is 19.9. The van der Waals surface area contributed by atoms with Crippen LogP contribution in [-0.4, -0.2) is 31.7 Å². The molecule has 1 saturated heterocycles. The third kappa shape index (κ3) is 5.87. The summed E-state index contributed by atoms with van der Waals surface area (Å²) >= 11 is 6.73. The molecular formula is C27H24ClF5N2O. The monoisotopic (exact) mass is 522 g/mol. The van der Waals surface area contributed by atoms with Gasteiger partial charge in [0.2, 0.25) is 0 Å². The van der Waals surface area contributed by atoms with Crippen molar-refractivity contribution in [3.8, 4) is 11.1 Å². The molecule has 1 aliphatic heterocycles. The number of amides is 1. The maximum atomic E-state index is 13.9. The molecule has 0 radical (unpaired) electrons. The van der Waals surface area contributed by atoms with Crippen LogP contribution in [0.4, 0.5) is 22.0 Å². The van der Waals surface area contributed by atoms with E-state index < -0.39 is 23.7 Å². The van der Waals surface area contributed by atoms with Crippen LogP contribution in [-0.2, 0) is 11.2 Å². The van der Waals surface area contributed by atoms with Crippen LogP contribution in [0.3, 0.4) is 0 Å². The Morgan fingerprint density at radius 2 is 1.78 bits per heavy atom. The van der Waals surface area contributed by atoms with Gasteiger partial charge in [-0.05, 0) is 71.3 Å². The fraction of sp³-hybridized carbons (Fsp3) is 0.296. The summed E-state index contributed by atoms with van der Waals surface area (Å²) in [5.74, 6) is -3.84. The van der Waals surface area contributed by atoms with E-state index in [0.29, 0.717) is 17.1 Å². The number of carbonyl (C=O) groups is 1. The highest BCUT2D eigenvalue weighted by Crippen LogP contribution is 2.41. The fourth-order valence-electron chi connectivity index (χ4n) is 4.75. The maximum absolute atomic E-state index is 13.9. The second kappa shape index (κ2) is 11.0. The van der Waals surface area contributed by atoms with Gasteiger partial charge in [-0.15, -0.1) is 0 Å². The van der Waals surface area contributed by atoms with Gasteiger partial charge >= 0.3 is 12.1 Å². The van der Waals surface area contributed by atoms with Gasteiger partial charge in [0, 0.05) is 24.0 Å². The molecule has 3 nitrogen and oxygen atoms in total. The van der Waals surface area contributed by atoms with E-state index in [-0.39, 0.29) is 24.8 Å². The lowest BCUT2D eigenvalue weighted by Crippen LogP contribution is -2.37. The minimum Gasteiger partial charge on any atom is -0.348 e. The second-order valence-corrected chi connectivity index (χ2v) is 9.18. The number of benzene rings is 3. The number of hydrogen-bond donors (Lipinski definition) is 2. The Balaban J connectivity index is 1.57. The van der Waals surface area contributed by atoms with Crippen molar-refractivity contribution in [2.75, 3.05) is 19.6 Å². The van der Waals surface area contributed by atoms with Crippen molar-refractivity contribution in [2.24, 2.45) is 0 Å². The van der Waals surface area contributed by atoms with Gasteiger partial charge in [-0.25, -0.2) is 8.78 Å². The normalized spacial score (nSPS) is 18.2. The maximum Gasteiger partial charge on any atom is 0.471 e. The first-order valence-corrected chi connectivity index (χ1v) is 11.9. The molecule has 2 N–H and O–H groups in total. The fourth-order valence-corrected chi connectivity index (χ4v) is 5.07. The first-order chi connectivity index (χ1) is 17.1. The van der Waals surface area contributed by atoms with Gasteiger partial charge in [-0.2, -0.15) is 13.2 Å². The molecule has 0 saturated carbocycles. The summed E-state index contributed by atoms with van der Waals surface area (Å²) in [7, 11) is 0. The van der Waals surface area contributed by atoms with Gasteiger partial charge in [0.05, 0.1) is 0 Å². The van der Waals surface area contributed by atoms with Crippen molar-refractivity contribution in [1.82, 2.24) is 10.6 Å². The van der Waals surface area contributed by atoms with Crippen LogP contribution in [0.2, 0.25) is 5.02 Å². The van der Waals surface area contributed by atoms with E-state index in [4.69, 9.17) is 11.6 Å². The Morgan fingerprint density at radius 3 is 2.50 bits per heavy atom. The van der Waals surface area contributed by atoms with Crippen molar-refractivity contribution in [3.63, 3.8) is 0 Å². The summed E-state index contributed by atoms with van der Waals surface area (Å²) < 4.78 is 64.8. The Kier molecular flexibility index (Phi) is 7.95. The third-order valence-electron chi connectivity index (χ3n) is 6.52. The van der Waals surface area contributed by atoms with Crippen molar-refractivity contribution >= 4 is 17.5 Å². The molecule has 0 bridgehead atoms. The topological polar surface area (TPSA) is 41.1 Å². The lowest BCUT2D eigenvalue weighted by Gasteiger charge is -2.33. The molecule has 36 heavy (non-hydrogen) atoms. The van der Waals surface area contributed by atoms with Crippen LogP contribution in [0.25, 0.3) is 11.1 Å². The summed E-state index contributed by atoms with van der Waals surface area (Å²) in [6.45, 7) is 1.21. The molecule has 190 valence electrons. The highest BCUT2D eigenvalue weighted by Gasteiger charge is 2.38. The minimum absolute atomic E-state index is 0.0470. The molecule has 0 aliphatic carbocycles. The molecule has 1 heterocycles. The first-order valence-electron chi connectivity index (χ1n) is 11.5. The number of carbonyl (C=O) groups excluding carboxylic acids is 1. The Bertz CT molecular complexity index is 1250. The van der Waals surface area contributed by atoms with Crippen molar-refractivity contribution in [3.05, 3.63) is 94.0 Å². The zero-order valence-electron chi connectivity index (χ0n) is 19.1. The van der Waals surface area contributed by atoms with Crippen molar-refractivity contribution in [2.45, 2.75) is 30.9 Å². The van der Waals surface area contributed by atoms with Crippen LogP contribution in [0.15, 0.2) is 60.7 Å². The number of piperidine rings is 1. The summed E-state index contributed by atoms with van der Waals surface area (Å²) in [6, 6.07) is 16.8. The average molecular weight is 523 g/mol. The van der Waals surface area contributed by atoms with Gasteiger partial charge in [0.15, 0.2) is 11.6 Å². The van der Waals surface area contributed by atoms with E-state index in [0.717, 1.165) is 41.3 Å². The van der Waals surface area contributed by atoms with Crippen LogP contribution in [0.1, 0.15) is 34.9 Å². The molecule has 2 atom stereocenters. The van der Waals surface area contributed by atoms with Crippen molar-refractivity contribution in [1.29, 1.82) is 0 Å². The lowest BCUT2D eigenvalue weighted by molar-refractivity contribution is -0.173. The summed E-state index contributed by atoms with van der Waals surface area (Å²) in [6.07, 6.45) is -3.98. The van der Waals surface area contributed by atoms with Crippen LogP contribution in [0, 0.1) is 11.6 Å². The van der Waals surface area contributed by atoms with Gasteiger partial charge in [-0.3, -0.25) is 4.79 Å². The zero-order chi connectivity index (χ0) is 25.9. The van der Waals surface area contributed by atoms with Crippen molar-refractivity contribution < 1.29 is 26.7 Å². The number of hydrogen-bond acceptors (Lipinski definition) is 2. The number of alkyl halides is 3. The first kappa shape index (κ1) is 26.1. The van der Waals surface area contributed by atoms with E-state index in [1.807, 2.05) is 29.6 Å². The van der Waals surface area contributed by atoms with Gasteiger partial charge < -0.3 is 10.6 Å². The molecule has 4 rings (SSSR count). The Morgan fingerprint density at radius 1 is 1.00 bits per heavy atom. The summed E-state index contributed by atoms with van der Waals surface area (Å²) in [4.78, 5) is 11.1. The molecule has 1 fully saturated rings. The van der Waals surface area contributed by atoms with E-state index in [1.165, 1.54) is 6.07 Å². The van der Waals surface area contributed by atoms with E-state index in [2.05, 4.69) is 5.32 Å². The molecule has 3 aromatic rings. The number of nitrogens with one attached hydrogen (secondary N) is 2. The smallest absolute Gasteiger partial charge is 0.348 e. The van der Waals surface area contributed by atoms with Gasteiger partial charge in [0.1, 0.15) is 0 Å². The summed E-state index contributed by atoms with van der Waals surface area (Å²) in [5, 5.41) is 5.75. The van der Waals surface area contributed by atoms with E-state index in [1.54, 1.807) is 24.3 Å². The quantitative estimate of drug-likeness (QED) is 0.370. The van der Waals surface area contributed by atoms with Crippen LogP contribution in [0.5, 0.6) is 0 Å². The van der Waals surface area contributed by atoms with Gasteiger partial charge in [-0.1, -0.05) is 54.1 Å². The Hall–Kier alpha value is -2.97. The molecule has 0 unspecified atom stereocenters. The number of rotatable bonds is 6. The average Bonchev–Trinajstić information content (AvgIpc) is 2.85. The second-order valence-electron chi connectivity index (χ2n) is 8.78. The van der Waals surface area contributed by atoms with Crippen LogP contribution >= 0.6 is 11.6 Å². The van der Waals surface area contributed by atoms with Gasteiger partial charge in [0.25, 0.3) is 0 Å². The SMILES string of the molecule is O=C(NCCc1ccccc1-c1ccc([C@H]2CNCC[C@@H]2c2ccc(F)c(F)c2)c(Cl)c1)C(F)(F)F. The molecule has 3 aromatic carbocycles. The molecule has 9 heteroatoms. The number of halogens is 6. The van der Waals surface area contributed by atoms with Crippen LogP contribution < -0.4 is 10.6 Å². The molecule has 0 aromatic heterocycles. The predicted octanol–water partition coefficient (Wildman–Crippen LogP) is 6.37. The summed E-state index contributed by atoms with van der Waals surface area (Å²) in [5.41, 5.74) is 3.94. The van der Waals surface area contributed by atoms with E-state index in [9.17, 15) is 26.7 Å². The highest BCUT2D eigenvalue weighted by atomic mass is 35.5. The minimum atomic E-state index is -4.92. The van der Waals surface area contributed by atoms with E-state index >= 15 is 0 Å². The Labute approximate surface area is 210 Å².